The summed E-state index contributed by atoms with van der Waals surface area (Å²) in [6.45, 7) is 0. The molecule has 0 amide bonds. The van der Waals surface area contributed by atoms with Crippen molar-refractivity contribution >= 4 is 11.2 Å². The Morgan fingerprint density at radius 3 is 2.60 bits per heavy atom. The Labute approximate surface area is 111 Å². The second kappa shape index (κ2) is 4.05. The van der Waals surface area contributed by atoms with E-state index in [9.17, 15) is 14.4 Å². The quantitative estimate of drug-likeness (QED) is 0.612. The molecule has 0 atom stereocenters. The van der Waals surface area contributed by atoms with Crippen LogP contribution in [0.15, 0.2) is 32.7 Å². The zero-order valence-electron chi connectivity index (χ0n) is 10.8. The van der Waals surface area contributed by atoms with E-state index in [2.05, 4.69) is 15.0 Å². The number of imidazole rings is 1. The molecule has 8 heteroatoms. The van der Waals surface area contributed by atoms with Crippen LogP contribution in [0.1, 0.15) is 0 Å². The Morgan fingerprint density at radius 2 is 1.90 bits per heavy atom. The average molecular weight is 273 g/mol. The van der Waals surface area contributed by atoms with Gasteiger partial charge in [0.15, 0.2) is 5.65 Å². The van der Waals surface area contributed by atoms with E-state index in [0.717, 1.165) is 0 Å². The average Bonchev–Trinajstić information content (AvgIpc) is 2.85. The molecule has 0 radical (unpaired) electrons. The summed E-state index contributed by atoms with van der Waals surface area (Å²) in [5.74, 6) is 0.365. The fourth-order valence-electron chi connectivity index (χ4n) is 1.94. The van der Waals surface area contributed by atoms with Gasteiger partial charge in [-0.3, -0.25) is 19.1 Å². The highest BCUT2D eigenvalue weighted by molar-refractivity contribution is 5.75. The van der Waals surface area contributed by atoms with Crippen LogP contribution >= 0.6 is 0 Å². The summed E-state index contributed by atoms with van der Waals surface area (Å²) in [5, 5.41) is 0. The van der Waals surface area contributed by atoms with Crippen LogP contribution in [-0.4, -0.2) is 24.1 Å². The summed E-state index contributed by atoms with van der Waals surface area (Å²) in [5.41, 5.74) is -0.269. The van der Waals surface area contributed by atoms with Gasteiger partial charge in [-0.15, -0.1) is 0 Å². The van der Waals surface area contributed by atoms with E-state index < -0.39 is 11.2 Å². The van der Waals surface area contributed by atoms with E-state index in [-0.39, 0.29) is 16.7 Å². The van der Waals surface area contributed by atoms with Crippen molar-refractivity contribution < 1.29 is 0 Å². The summed E-state index contributed by atoms with van der Waals surface area (Å²) >= 11 is 0. The Morgan fingerprint density at radius 1 is 1.15 bits per heavy atom. The molecular weight excluding hydrogens is 262 g/mol. The smallest absolute Gasteiger partial charge is 0.329 e. The highest BCUT2D eigenvalue weighted by atomic mass is 16.2. The number of aromatic nitrogens is 5. The van der Waals surface area contributed by atoms with E-state index >= 15 is 0 Å². The van der Waals surface area contributed by atoms with Gasteiger partial charge in [-0.25, -0.2) is 9.78 Å². The van der Waals surface area contributed by atoms with Crippen LogP contribution < -0.4 is 16.8 Å². The van der Waals surface area contributed by atoms with Gasteiger partial charge >= 0.3 is 5.69 Å². The molecule has 8 nitrogen and oxygen atoms in total. The summed E-state index contributed by atoms with van der Waals surface area (Å²) in [7, 11) is 3.15. The fraction of sp³-hybridized carbons (Fsp3) is 0.167. The van der Waals surface area contributed by atoms with Gasteiger partial charge in [0.2, 0.25) is 0 Å². The molecule has 0 aliphatic rings. The van der Waals surface area contributed by atoms with E-state index in [1.54, 1.807) is 19.3 Å². The summed E-state index contributed by atoms with van der Waals surface area (Å²) < 4.78 is 2.66. The molecule has 0 aromatic carbocycles. The van der Waals surface area contributed by atoms with Crippen molar-refractivity contribution in [2.24, 2.45) is 14.1 Å². The van der Waals surface area contributed by atoms with Crippen molar-refractivity contribution in [2.45, 2.75) is 0 Å². The number of hydrogen-bond acceptors (Lipinski definition) is 4. The van der Waals surface area contributed by atoms with Crippen molar-refractivity contribution in [1.82, 2.24) is 24.1 Å². The minimum absolute atomic E-state index is 0.189. The molecule has 0 saturated carbocycles. The highest BCUT2D eigenvalue weighted by Gasteiger charge is 2.12. The maximum Gasteiger partial charge on any atom is 0.329 e. The molecule has 0 fully saturated rings. The van der Waals surface area contributed by atoms with Gasteiger partial charge < -0.3 is 9.55 Å². The lowest BCUT2D eigenvalue weighted by molar-refractivity contribution is 0.832. The molecule has 2 N–H and O–H groups in total. The van der Waals surface area contributed by atoms with Crippen LogP contribution in [-0.2, 0) is 14.1 Å². The van der Waals surface area contributed by atoms with Crippen LogP contribution in [0.2, 0.25) is 0 Å². The first kappa shape index (κ1) is 12.2. The third-order valence-corrected chi connectivity index (χ3v) is 3.13. The topological polar surface area (TPSA) is 106 Å². The monoisotopic (exact) mass is 273 g/mol. The van der Waals surface area contributed by atoms with Gasteiger partial charge in [0.1, 0.15) is 11.3 Å². The number of rotatable bonds is 1. The van der Waals surface area contributed by atoms with Gasteiger partial charge in [0, 0.05) is 31.9 Å². The summed E-state index contributed by atoms with van der Waals surface area (Å²) in [4.78, 5) is 44.1. The molecule has 0 aliphatic carbocycles. The largest absolute Gasteiger partial charge is 0.332 e. The van der Waals surface area contributed by atoms with Crippen molar-refractivity contribution in [2.75, 3.05) is 0 Å². The summed E-state index contributed by atoms with van der Waals surface area (Å²) in [6.07, 6.45) is 1.61. The fourth-order valence-corrected chi connectivity index (χ4v) is 1.94. The maximum absolute atomic E-state index is 11.7. The van der Waals surface area contributed by atoms with Gasteiger partial charge in [-0.1, -0.05) is 0 Å². The molecule has 3 aromatic rings. The number of hydrogen-bond donors (Lipinski definition) is 2. The number of aromatic amines is 2. The standard InChI is InChI=1S/C12H11N5O3/c1-16-4-3-6(5-7(16)18)9-13-8-10(14-9)17(2)12(20)15-11(8)19/h3-5H,1-2H3,(H,13,14)(H,15,19,20). The highest BCUT2D eigenvalue weighted by Crippen LogP contribution is 2.15. The SMILES string of the molecule is Cn1ccc(-c2nc3c([nH]2)c(=O)[nH]c(=O)n3C)cc1=O. The maximum atomic E-state index is 11.7. The number of nitrogens with one attached hydrogen (secondary N) is 2. The van der Waals surface area contributed by atoms with Gasteiger partial charge in [-0.2, -0.15) is 0 Å². The zero-order chi connectivity index (χ0) is 14.4. The molecular formula is C12H11N5O3. The van der Waals surface area contributed by atoms with Gasteiger partial charge in [0.25, 0.3) is 11.1 Å². The minimum Gasteiger partial charge on any atom is -0.332 e. The molecule has 3 rings (SSSR count). The Hall–Kier alpha value is -2.90. The lowest BCUT2D eigenvalue weighted by Gasteiger charge is -1.98. The molecule has 0 spiro atoms. The first-order valence-corrected chi connectivity index (χ1v) is 5.83. The first-order chi connectivity index (χ1) is 9.47. The molecule has 0 unspecified atom stereocenters. The molecule has 3 heterocycles. The number of fused-ring (bicyclic) bond motifs is 1. The van der Waals surface area contributed by atoms with E-state index in [0.29, 0.717) is 11.4 Å². The Bertz CT molecular complexity index is 989. The van der Waals surface area contributed by atoms with Crippen LogP contribution in [0.25, 0.3) is 22.6 Å². The van der Waals surface area contributed by atoms with Gasteiger partial charge in [-0.05, 0) is 6.07 Å². The number of H-pyrrole nitrogens is 2. The summed E-state index contributed by atoms with van der Waals surface area (Å²) in [6, 6.07) is 3.11. The third-order valence-electron chi connectivity index (χ3n) is 3.13. The van der Waals surface area contributed by atoms with E-state index in [1.807, 2.05) is 0 Å². The molecule has 20 heavy (non-hydrogen) atoms. The third kappa shape index (κ3) is 1.69. The van der Waals surface area contributed by atoms with Crippen LogP contribution in [0.3, 0.4) is 0 Å². The molecule has 102 valence electrons. The van der Waals surface area contributed by atoms with Crippen molar-refractivity contribution in [3.8, 4) is 11.4 Å². The number of pyridine rings is 1. The lowest BCUT2D eigenvalue weighted by atomic mass is 10.2. The van der Waals surface area contributed by atoms with Crippen molar-refractivity contribution in [3.05, 3.63) is 49.5 Å². The van der Waals surface area contributed by atoms with Gasteiger partial charge in [0.05, 0.1) is 0 Å². The molecule has 0 bridgehead atoms. The normalized spacial score (nSPS) is 11.1. The second-order valence-electron chi connectivity index (χ2n) is 4.47. The first-order valence-electron chi connectivity index (χ1n) is 5.83. The predicted octanol–water partition coefficient (Wildman–Crippen LogP) is -0.684. The van der Waals surface area contributed by atoms with Crippen LogP contribution in [0, 0.1) is 0 Å². The number of aryl methyl sites for hydroxylation is 2. The van der Waals surface area contributed by atoms with Crippen LogP contribution in [0.4, 0.5) is 0 Å². The zero-order valence-corrected chi connectivity index (χ0v) is 10.8. The van der Waals surface area contributed by atoms with E-state index in [4.69, 9.17) is 0 Å². The van der Waals surface area contributed by atoms with E-state index in [1.165, 1.54) is 22.2 Å². The van der Waals surface area contributed by atoms with Crippen molar-refractivity contribution in [1.29, 1.82) is 0 Å². The Balaban J connectivity index is 2.33. The van der Waals surface area contributed by atoms with Crippen molar-refractivity contribution in [3.63, 3.8) is 0 Å². The molecule has 0 aliphatic heterocycles. The second-order valence-corrected chi connectivity index (χ2v) is 4.47. The molecule has 3 aromatic heterocycles. The van der Waals surface area contributed by atoms with Crippen LogP contribution in [0.5, 0.6) is 0 Å². The molecule has 0 saturated heterocycles. The Kier molecular flexibility index (Phi) is 2.46. The lowest BCUT2D eigenvalue weighted by Crippen LogP contribution is -2.28. The number of nitrogens with zero attached hydrogens (tertiary/aromatic N) is 3. The predicted molar refractivity (Wildman–Crippen MR) is 72.6 cm³/mol. The minimum atomic E-state index is -0.537.